The summed E-state index contributed by atoms with van der Waals surface area (Å²) in [6, 6.07) is 9.32. The van der Waals surface area contributed by atoms with Crippen molar-refractivity contribution in [3.8, 4) is 0 Å². The van der Waals surface area contributed by atoms with Gasteiger partial charge in [-0.15, -0.1) is 0 Å². The fourth-order valence-electron chi connectivity index (χ4n) is 1.66. The summed E-state index contributed by atoms with van der Waals surface area (Å²) in [4.78, 5) is 12.3. The summed E-state index contributed by atoms with van der Waals surface area (Å²) in [5.41, 5.74) is 0.436. The van der Waals surface area contributed by atoms with E-state index in [1.54, 1.807) is 36.2 Å². The standard InChI is InChI=1S/C13H12FNO3/c1-15(11-5-3-2-4-10(11)14)8-9-6-7-12(18-9)13(16)17/h2-7H,8H2,1H3,(H,16,17). The zero-order chi connectivity index (χ0) is 13.1. The van der Waals surface area contributed by atoms with Crippen molar-refractivity contribution in [1.29, 1.82) is 0 Å². The highest BCUT2D eigenvalue weighted by Gasteiger charge is 2.12. The molecule has 0 saturated carbocycles. The molecule has 5 heteroatoms. The highest BCUT2D eigenvalue weighted by Crippen LogP contribution is 2.20. The molecule has 2 aromatic rings. The number of para-hydroxylation sites is 1. The number of hydrogen-bond donors (Lipinski definition) is 1. The molecule has 1 N–H and O–H groups in total. The molecule has 0 fully saturated rings. The lowest BCUT2D eigenvalue weighted by Gasteiger charge is -2.18. The third-order valence-electron chi connectivity index (χ3n) is 2.53. The number of carboxylic acid groups (broad SMARTS) is 1. The lowest BCUT2D eigenvalue weighted by atomic mass is 10.2. The van der Waals surface area contributed by atoms with E-state index in [1.165, 1.54) is 12.1 Å². The fourth-order valence-corrected chi connectivity index (χ4v) is 1.66. The van der Waals surface area contributed by atoms with Gasteiger partial charge in [-0.25, -0.2) is 9.18 Å². The molecule has 0 radical (unpaired) electrons. The molecule has 0 spiro atoms. The number of furan rings is 1. The SMILES string of the molecule is CN(Cc1ccc(C(=O)O)o1)c1ccccc1F. The van der Waals surface area contributed by atoms with E-state index in [0.717, 1.165) is 0 Å². The molecule has 2 rings (SSSR count). The second kappa shape index (κ2) is 4.91. The summed E-state index contributed by atoms with van der Waals surface area (Å²) >= 11 is 0. The van der Waals surface area contributed by atoms with Crippen molar-refractivity contribution < 1.29 is 18.7 Å². The lowest BCUT2D eigenvalue weighted by Crippen LogP contribution is -2.17. The summed E-state index contributed by atoms with van der Waals surface area (Å²) in [7, 11) is 1.71. The Labute approximate surface area is 103 Å². The maximum Gasteiger partial charge on any atom is 0.371 e. The number of hydrogen-bond acceptors (Lipinski definition) is 3. The molecule has 94 valence electrons. The minimum Gasteiger partial charge on any atom is -0.475 e. The smallest absolute Gasteiger partial charge is 0.371 e. The van der Waals surface area contributed by atoms with Gasteiger partial charge >= 0.3 is 5.97 Å². The Morgan fingerprint density at radius 3 is 2.67 bits per heavy atom. The van der Waals surface area contributed by atoms with Crippen LogP contribution in [0.5, 0.6) is 0 Å². The van der Waals surface area contributed by atoms with E-state index in [9.17, 15) is 9.18 Å². The molecule has 1 aromatic heterocycles. The van der Waals surface area contributed by atoms with Crippen molar-refractivity contribution in [3.05, 3.63) is 53.7 Å². The lowest BCUT2D eigenvalue weighted by molar-refractivity contribution is 0.0660. The Hall–Kier alpha value is -2.30. The Morgan fingerprint density at radius 2 is 2.06 bits per heavy atom. The number of rotatable bonds is 4. The van der Waals surface area contributed by atoms with E-state index in [4.69, 9.17) is 9.52 Å². The van der Waals surface area contributed by atoms with Crippen LogP contribution < -0.4 is 4.90 Å². The van der Waals surface area contributed by atoms with E-state index in [1.807, 2.05) is 0 Å². The number of halogens is 1. The number of carbonyl (C=O) groups is 1. The number of carboxylic acids is 1. The molecule has 0 saturated heterocycles. The maximum atomic E-state index is 13.5. The van der Waals surface area contributed by atoms with Gasteiger partial charge in [-0.2, -0.15) is 0 Å². The van der Waals surface area contributed by atoms with Crippen LogP contribution >= 0.6 is 0 Å². The first-order chi connectivity index (χ1) is 8.58. The second-order valence-corrected chi connectivity index (χ2v) is 3.88. The van der Waals surface area contributed by atoms with Crippen molar-refractivity contribution in [1.82, 2.24) is 0 Å². The summed E-state index contributed by atoms with van der Waals surface area (Å²) in [5.74, 6) is -1.09. The third kappa shape index (κ3) is 2.51. The average Bonchev–Trinajstić information content (AvgIpc) is 2.78. The third-order valence-corrected chi connectivity index (χ3v) is 2.53. The van der Waals surface area contributed by atoms with Crippen molar-refractivity contribution in [2.75, 3.05) is 11.9 Å². The van der Waals surface area contributed by atoms with Gasteiger partial charge in [-0.3, -0.25) is 0 Å². The molecule has 0 bridgehead atoms. The van der Waals surface area contributed by atoms with Gasteiger partial charge in [0.2, 0.25) is 5.76 Å². The minimum atomic E-state index is -1.12. The van der Waals surface area contributed by atoms with E-state index >= 15 is 0 Å². The van der Waals surface area contributed by atoms with E-state index in [0.29, 0.717) is 18.0 Å². The molecule has 0 atom stereocenters. The quantitative estimate of drug-likeness (QED) is 0.905. The van der Waals surface area contributed by atoms with Crippen LogP contribution in [0.2, 0.25) is 0 Å². The van der Waals surface area contributed by atoms with E-state index in [2.05, 4.69) is 0 Å². The number of benzene rings is 1. The monoisotopic (exact) mass is 249 g/mol. The molecule has 0 aliphatic carbocycles. The largest absolute Gasteiger partial charge is 0.475 e. The van der Waals surface area contributed by atoms with Crippen LogP contribution in [0.4, 0.5) is 10.1 Å². The highest BCUT2D eigenvalue weighted by molar-refractivity contribution is 5.84. The van der Waals surface area contributed by atoms with Gasteiger partial charge in [-0.1, -0.05) is 12.1 Å². The van der Waals surface area contributed by atoms with Crippen LogP contribution in [-0.4, -0.2) is 18.1 Å². The van der Waals surface area contributed by atoms with Crippen molar-refractivity contribution in [2.24, 2.45) is 0 Å². The predicted molar refractivity (Wildman–Crippen MR) is 64.2 cm³/mol. The molecule has 1 aromatic carbocycles. The van der Waals surface area contributed by atoms with Gasteiger partial charge in [0.25, 0.3) is 0 Å². The molecule has 0 unspecified atom stereocenters. The van der Waals surface area contributed by atoms with Crippen LogP contribution in [0.25, 0.3) is 0 Å². The summed E-state index contributed by atoms with van der Waals surface area (Å²) < 4.78 is 18.6. The number of aromatic carboxylic acids is 1. The molecule has 1 heterocycles. The van der Waals surface area contributed by atoms with Crippen LogP contribution in [0.1, 0.15) is 16.3 Å². The van der Waals surface area contributed by atoms with Crippen LogP contribution in [-0.2, 0) is 6.54 Å². The van der Waals surface area contributed by atoms with Crippen LogP contribution in [0, 0.1) is 5.82 Å². The summed E-state index contributed by atoms with van der Waals surface area (Å²) in [6.07, 6.45) is 0. The van der Waals surface area contributed by atoms with E-state index in [-0.39, 0.29) is 11.6 Å². The molecular weight excluding hydrogens is 237 g/mol. The van der Waals surface area contributed by atoms with Crippen LogP contribution in [0.3, 0.4) is 0 Å². The zero-order valence-corrected chi connectivity index (χ0v) is 9.76. The molecule has 4 nitrogen and oxygen atoms in total. The van der Waals surface area contributed by atoms with Gasteiger partial charge < -0.3 is 14.4 Å². The zero-order valence-electron chi connectivity index (χ0n) is 9.76. The summed E-state index contributed by atoms with van der Waals surface area (Å²) in [5, 5.41) is 8.73. The normalized spacial score (nSPS) is 10.3. The van der Waals surface area contributed by atoms with Gasteiger partial charge in [0.15, 0.2) is 0 Å². The number of nitrogens with zero attached hydrogens (tertiary/aromatic N) is 1. The van der Waals surface area contributed by atoms with Gasteiger partial charge in [0.1, 0.15) is 11.6 Å². The Morgan fingerprint density at radius 1 is 1.33 bits per heavy atom. The predicted octanol–water partition coefficient (Wildman–Crippen LogP) is 2.75. The molecule has 0 aliphatic rings. The molecular formula is C13H12FNO3. The van der Waals surface area contributed by atoms with Gasteiger partial charge in [0, 0.05) is 7.05 Å². The Balaban J connectivity index is 2.13. The molecule has 0 amide bonds. The first-order valence-corrected chi connectivity index (χ1v) is 5.35. The Bertz CT molecular complexity index is 565. The van der Waals surface area contributed by atoms with E-state index < -0.39 is 5.97 Å². The maximum absolute atomic E-state index is 13.5. The van der Waals surface area contributed by atoms with Crippen molar-refractivity contribution in [3.63, 3.8) is 0 Å². The minimum absolute atomic E-state index is 0.119. The second-order valence-electron chi connectivity index (χ2n) is 3.88. The van der Waals surface area contributed by atoms with Gasteiger partial charge in [-0.05, 0) is 24.3 Å². The first-order valence-electron chi connectivity index (χ1n) is 5.35. The van der Waals surface area contributed by atoms with Gasteiger partial charge in [0.05, 0.1) is 12.2 Å². The molecule has 0 aliphatic heterocycles. The first kappa shape index (κ1) is 12.2. The average molecular weight is 249 g/mol. The topological polar surface area (TPSA) is 53.7 Å². The fraction of sp³-hybridized carbons (Fsp3) is 0.154. The summed E-state index contributed by atoms with van der Waals surface area (Å²) in [6.45, 7) is 0.300. The highest BCUT2D eigenvalue weighted by atomic mass is 19.1. The van der Waals surface area contributed by atoms with Crippen molar-refractivity contribution >= 4 is 11.7 Å². The number of anilines is 1. The van der Waals surface area contributed by atoms with Crippen LogP contribution in [0.15, 0.2) is 40.8 Å². The Kier molecular flexibility index (Phi) is 3.32. The van der Waals surface area contributed by atoms with Crippen molar-refractivity contribution in [2.45, 2.75) is 6.54 Å². The molecule has 18 heavy (non-hydrogen) atoms.